The number of halogens is 4. The predicted octanol–water partition coefficient (Wildman–Crippen LogP) is 2.95. The van der Waals surface area contributed by atoms with Crippen LogP contribution < -0.4 is 5.43 Å². The molecule has 2 aromatic carbocycles. The Morgan fingerprint density at radius 1 is 0.893 bits per heavy atom. The standard InChI is InChI=1S/C19H17F4N3O2/c20-14-7-5-13(6-8-14)17(27)24-26-11-9-25(10-12-26)18(28)15-3-1-2-4-16(15)19(21,22)23/h1-8H,9-12H2,(H,24,27). The smallest absolute Gasteiger partial charge is 0.336 e. The molecule has 1 aliphatic heterocycles. The molecule has 0 spiro atoms. The summed E-state index contributed by atoms with van der Waals surface area (Å²) in [6.07, 6.45) is -4.61. The molecule has 28 heavy (non-hydrogen) atoms. The van der Waals surface area contributed by atoms with Gasteiger partial charge >= 0.3 is 6.18 Å². The Balaban J connectivity index is 1.60. The summed E-state index contributed by atoms with van der Waals surface area (Å²) in [7, 11) is 0. The fourth-order valence-electron chi connectivity index (χ4n) is 2.92. The van der Waals surface area contributed by atoms with Crippen molar-refractivity contribution in [2.75, 3.05) is 26.2 Å². The number of hydrogen-bond acceptors (Lipinski definition) is 3. The molecule has 0 radical (unpaired) electrons. The van der Waals surface area contributed by atoms with Crippen molar-refractivity contribution in [3.8, 4) is 0 Å². The molecule has 1 fully saturated rings. The van der Waals surface area contributed by atoms with Crippen molar-refractivity contribution in [3.63, 3.8) is 0 Å². The van der Waals surface area contributed by atoms with Gasteiger partial charge in [0.25, 0.3) is 11.8 Å². The molecule has 148 valence electrons. The number of rotatable bonds is 3. The van der Waals surface area contributed by atoms with Gasteiger partial charge < -0.3 is 4.90 Å². The van der Waals surface area contributed by atoms with Crippen LogP contribution in [0.15, 0.2) is 48.5 Å². The maximum absolute atomic E-state index is 13.1. The molecule has 0 atom stereocenters. The van der Waals surface area contributed by atoms with E-state index in [9.17, 15) is 27.2 Å². The topological polar surface area (TPSA) is 52.7 Å². The van der Waals surface area contributed by atoms with E-state index in [0.717, 1.165) is 12.1 Å². The second-order valence-electron chi connectivity index (χ2n) is 6.27. The number of benzene rings is 2. The molecule has 2 amide bonds. The minimum absolute atomic E-state index is 0.161. The largest absolute Gasteiger partial charge is 0.417 e. The SMILES string of the molecule is O=C(NN1CCN(C(=O)c2ccccc2C(F)(F)F)CC1)c1ccc(F)cc1. The van der Waals surface area contributed by atoms with Gasteiger partial charge in [0.2, 0.25) is 0 Å². The van der Waals surface area contributed by atoms with Crippen LogP contribution in [0.2, 0.25) is 0 Å². The third kappa shape index (κ3) is 4.48. The molecule has 5 nitrogen and oxygen atoms in total. The highest BCUT2D eigenvalue weighted by atomic mass is 19.4. The highest BCUT2D eigenvalue weighted by molar-refractivity contribution is 5.96. The molecule has 0 aromatic heterocycles. The van der Waals surface area contributed by atoms with Gasteiger partial charge in [-0.05, 0) is 36.4 Å². The van der Waals surface area contributed by atoms with Crippen LogP contribution in [0.4, 0.5) is 17.6 Å². The van der Waals surface area contributed by atoms with E-state index in [0.29, 0.717) is 0 Å². The van der Waals surface area contributed by atoms with Crippen molar-refractivity contribution in [3.05, 3.63) is 71.0 Å². The first kappa shape index (κ1) is 19.8. The lowest BCUT2D eigenvalue weighted by molar-refractivity contribution is -0.138. The Labute approximate surface area is 158 Å². The van der Waals surface area contributed by atoms with Crippen LogP contribution in [-0.2, 0) is 6.18 Å². The minimum Gasteiger partial charge on any atom is -0.336 e. The number of hydrogen-bond donors (Lipinski definition) is 1. The van der Waals surface area contributed by atoms with Crippen LogP contribution in [0.5, 0.6) is 0 Å². The van der Waals surface area contributed by atoms with Gasteiger partial charge in [-0.2, -0.15) is 13.2 Å². The van der Waals surface area contributed by atoms with Gasteiger partial charge in [-0.3, -0.25) is 15.0 Å². The number of amides is 2. The van der Waals surface area contributed by atoms with Crippen LogP contribution in [0.3, 0.4) is 0 Å². The number of hydrazine groups is 1. The van der Waals surface area contributed by atoms with Crippen molar-refractivity contribution in [2.24, 2.45) is 0 Å². The summed E-state index contributed by atoms with van der Waals surface area (Å²) in [5.74, 6) is -1.58. The van der Waals surface area contributed by atoms with Crippen LogP contribution in [0.25, 0.3) is 0 Å². The number of nitrogens with one attached hydrogen (secondary N) is 1. The van der Waals surface area contributed by atoms with Crippen molar-refractivity contribution >= 4 is 11.8 Å². The lowest BCUT2D eigenvalue weighted by Crippen LogP contribution is -2.54. The summed E-state index contributed by atoms with van der Waals surface area (Å²) < 4.78 is 52.3. The van der Waals surface area contributed by atoms with Crippen LogP contribution in [0, 0.1) is 5.82 Å². The molecule has 2 aromatic rings. The molecule has 1 aliphatic rings. The monoisotopic (exact) mass is 395 g/mol. The molecule has 9 heteroatoms. The number of piperazine rings is 1. The fourth-order valence-corrected chi connectivity index (χ4v) is 2.92. The highest BCUT2D eigenvalue weighted by Crippen LogP contribution is 2.32. The summed E-state index contributed by atoms with van der Waals surface area (Å²) in [4.78, 5) is 26.0. The number of nitrogens with zero attached hydrogens (tertiary/aromatic N) is 2. The van der Waals surface area contributed by atoms with Crippen LogP contribution in [0.1, 0.15) is 26.3 Å². The van der Waals surface area contributed by atoms with Gasteiger partial charge in [-0.15, -0.1) is 0 Å². The summed E-state index contributed by atoms with van der Waals surface area (Å²) in [5, 5.41) is 1.57. The molecule has 0 saturated carbocycles. The third-order valence-corrected chi connectivity index (χ3v) is 4.40. The van der Waals surface area contributed by atoms with Crippen LogP contribution in [-0.4, -0.2) is 47.9 Å². The van der Waals surface area contributed by atoms with Crippen molar-refractivity contribution in [2.45, 2.75) is 6.18 Å². The summed E-state index contributed by atoms with van der Waals surface area (Å²) in [6, 6.07) is 9.70. The third-order valence-electron chi connectivity index (χ3n) is 4.40. The molecule has 0 bridgehead atoms. The van der Waals surface area contributed by atoms with E-state index in [2.05, 4.69) is 5.43 Å². The van der Waals surface area contributed by atoms with E-state index in [1.807, 2.05) is 0 Å². The van der Waals surface area contributed by atoms with Crippen molar-refractivity contribution in [1.82, 2.24) is 15.3 Å². The first-order valence-corrected chi connectivity index (χ1v) is 8.53. The predicted molar refractivity (Wildman–Crippen MR) is 92.8 cm³/mol. The summed E-state index contributed by atoms with van der Waals surface area (Å²) in [5.41, 5.74) is 1.56. The summed E-state index contributed by atoms with van der Waals surface area (Å²) in [6.45, 7) is 0.836. The fraction of sp³-hybridized carbons (Fsp3) is 0.263. The number of carbonyl (C=O) groups is 2. The van der Waals surface area contributed by atoms with Gasteiger partial charge in [-0.25, -0.2) is 9.40 Å². The highest BCUT2D eigenvalue weighted by Gasteiger charge is 2.36. The van der Waals surface area contributed by atoms with E-state index in [-0.39, 0.29) is 31.7 Å². The molecule has 0 unspecified atom stereocenters. The first-order chi connectivity index (χ1) is 13.3. The van der Waals surface area contributed by atoms with Crippen molar-refractivity contribution < 1.29 is 27.2 Å². The Kier molecular flexibility index (Phi) is 5.64. The lowest BCUT2D eigenvalue weighted by Gasteiger charge is -2.35. The van der Waals surface area contributed by atoms with E-state index in [4.69, 9.17) is 0 Å². The maximum Gasteiger partial charge on any atom is 0.417 e. The van der Waals surface area contributed by atoms with Crippen molar-refractivity contribution in [1.29, 1.82) is 0 Å². The van der Waals surface area contributed by atoms with Gasteiger partial charge in [-0.1, -0.05) is 12.1 Å². The Morgan fingerprint density at radius 3 is 2.11 bits per heavy atom. The summed E-state index contributed by atoms with van der Waals surface area (Å²) >= 11 is 0. The van der Waals surface area contributed by atoms with E-state index in [1.165, 1.54) is 41.3 Å². The minimum atomic E-state index is -4.61. The normalized spacial score (nSPS) is 15.4. The van der Waals surface area contributed by atoms with E-state index in [1.54, 1.807) is 5.01 Å². The average Bonchev–Trinajstić information content (AvgIpc) is 2.68. The van der Waals surface area contributed by atoms with E-state index < -0.39 is 34.9 Å². The zero-order valence-corrected chi connectivity index (χ0v) is 14.7. The second-order valence-corrected chi connectivity index (χ2v) is 6.27. The van der Waals surface area contributed by atoms with Gasteiger partial charge in [0.1, 0.15) is 5.82 Å². The maximum atomic E-state index is 13.1. The molecule has 3 rings (SSSR count). The Hall–Kier alpha value is -2.94. The van der Waals surface area contributed by atoms with Gasteiger partial charge in [0, 0.05) is 31.7 Å². The quantitative estimate of drug-likeness (QED) is 0.814. The molecule has 0 aliphatic carbocycles. The molecule has 1 heterocycles. The molecule has 1 N–H and O–H groups in total. The molecular weight excluding hydrogens is 378 g/mol. The molecular formula is C19H17F4N3O2. The zero-order valence-electron chi connectivity index (χ0n) is 14.7. The molecule has 1 saturated heterocycles. The zero-order chi connectivity index (χ0) is 20.3. The Bertz CT molecular complexity index is 860. The Morgan fingerprint density at radius 2 is 1.50 bits per heavy atom. The van der Waals surface area contributed by atoms with Crippen LogP contribution >= 0.6 is 0 Å². The first-order valence-electron chi connectivity index (χ1n) is 8.53. The van der Waals surface area contributed by atoms with E-state index >= 15 is 0 Å². The van der Waals surface area contributed by atoms with Gasteiger partial charge in [0.15, 0.2) is 0 Å². The second kappa shape index (κ2) is 7.97. The average molecular weight is 395 g/mol. The number of alkyl halides is 3. The lowest BCUT2D eigenvalue weighted by atomic mass is 10.1. The number of carbonyl (C=O) groups excluding carboxylic acids is 2. The van der Waals surface area contributed by atoms with Gasteiger partial charge in [0.05, 0.1) is 11.1 Å².